The number of amides is 1. The first-order valence-electron chi connectivity index (χ1n) is 7.68. The summed E-state index contributed by atoms with van der Waals surface area (Å²) in [5.74, 6) is -0.171. The number of nitrogens with one attached hydrogen (secondary N) is 2. The molecule has 2 rings (SSSR count). The molecule has 0 spiro atoms. The maximum Gasteiger partial charge on any atom is 0.416 e. The summed E-state index contributed by atoms with van der Waals surface area (Å²) >= 11 is 5.88. The predicted molar refractivity (Wildman–Crippen MR) is 91.7 cm³/mol. The molecular formula is C18H19ClF3N2O+. The summed E-state index contributed by atoms with van der Waals surface area (Å²) in [6.07, 6.45) is -4.34. The summed E-state index contributed by atoms with van der Waals surface area (Å²) in [6.45, 7) is 2.49. The van der Waals surface area contributed by atoms with Crippen LogP contribution in [-0.2, 0) is 17.5 Å². The summed E-state index contributed by atoms with van der Waals surface area (Å²) < 4.78 is 37.7. The number of alkyl halides is 3. The number of quaternary nitrogens is 1. The molecule has 0 heterocycles. The lowest BCUT2D eigenvalue weighted by molar-refractivity contribution is -0.885. The summed E-state index contributed by atoms with van der Waals surface area (Å²) in [6, 6.07) is 10.2. The van der Waals surface area contributed by atoms with Crippen molar-refractivity contribution in [3.8, 4) is 0 Å². The van der Waals surface area contributed by atoms with Crippen LogP contribution in [0.25, 0.3) is 0 Å². The topological polar surface area (TPSA) is 33.5 Å². The monoisotopic (exact) mass is 371 g/mol. The molecule has 0 fully saturated rings. The van der Waals surface area contributed by atoms with Gasteiger partial charge in [-0.05, 0) is 42.8 Å². The van der Waals surface area contributed by atoms with Crippen LogP contribution >= 0.6 is 11.6 Å². The van der Waals surface area contributed by atoms with E-state index in [1.165, 1.54) is 12.1 Å². The van der Waals surface area contributed by atoms with Crippen LogP contribution < -0.4 is 10.2 Å². The van der Waals surface area contributed by atoms with E-state index in [1.54, 1.807) is 18.2 Å². The summed E-state index contributed by atoms with van der Waals surface area (Å²) in [5, 5.41) is 3.41. The van der Waals surface area contributed by atoms with E-state index >= 15 is 0 Å². The lowest BCUT2D eigenvalue weighted by Crippen LogP contribution is -3.08. The van der Waals surface area contributed by atoms with Crippen LogP contribution in [0.5, 0.6) is 0 Å². The van der Waals surface area contributed by atoms with Gasteiger partial charge in [-0.3, -0.25) is 4.79 Å². The SMILES string of the molecule is Cc1cc(Cl)ccc1NC(=O)C[NH+](C)Cc1ccc(C(F)(F)F)cc1. The van der Waals surface area contributed by atoms with Crippen LogP contribution in [0, 0.1) is 6.92 Å². The first kappa shape index (κ1) is 19.3. The molecule has 0 aliphatic carbocycles. The Morgan fingerprint density at radius 3 is 2.36 bits per heavy atom. The zero-order chi connectivity index (χ0) is 18.6. The molecule has 7 heteroatoms. The Kier molecular flexibility index (Phi) is 6.08. The van der Waals surface area contributed by atoms with Gasteiger partial charge in [0.05, 0.1) is 12.6 Å². The number of aryl methyl sites for hydroxylation is 1. The lowest BCUT2D eigenvalue weighted by Gasteiger charge is -2.15. The number of hydrogen-bond acceptors (Lipinski definition) is 1. The first-order valence-corrected chi connectivity index (χ1v) is 8.06. The quantitative estimate of drug-likeness (QED) is 0.830. The smallest absolute Gasteiger partial charge is 0.326 e. The van der Waals surface area contributed by atoms with Gasteiger partial charge < -0.3 is 10.2 Å². The van der Waals surface area contributed by atoms with Gasteiger partial charge in [0.15, 0.2) is 6.54 Å². The van der Waals surface area contributed by atoms with Gasteiger partial charge >= 0.3 is 6.18 Å². The Labute approximate surface area is 149 Å². The van der Waals surface area contributed by atoms with Gasteiger partial charge in [-0.1, -0.05) is 23.7 Å². The fourth-order valence-electron chi connectivity index (χ4n) is 2.46. The third kappa shape index (κ3) is 5.76. The second kappa shape index (κ2) is 7.89. The van der Waals surface area contributed by atoms with Crippen molar-refractivity contribution in [2.45, 2.75) is 19.6 Å². The number of carbonyl (C=O) groups excluding carboxylic acids is 1. The van der Waals surface area contributed by atoms with Crippen LogP contribution in [0.3, 0.4) is 0 Å². The van der Waals surface area contributed by atoms with Crippen LogP contribution in [0.4, 0.5) is 18.9 Å². The number of rotatable bonds is 5. The minimum Gasteiger partial charge on any atom is -0.326 e. The van der Waals surface area contributed by atoms with Crippen molar-refractivity contribution >= 4 is 23.2 Å². The maximum absolute atomic E-state index is 12.6. The van der Waals surface area contributed by atoms with Gasteiger partial charge in [0, 0.05) is 16.3 Å². The predicted octanol–water partition coefficient (Wildman–Crippen LogP) is 3.32. The largest absolute Gasteiger partial charge is 0.416 e. The molecule has 0 bridgehead atoms. The standard InChI is InChI=1S/C18H18ClF3N2O/c1-12-9-15(19)7-8-16(12)23-17(25)11-24(2)10-13-3-5-14(6-4-13)18(20,21)22/h3-9H,10-11H2,1-2H3,(H,23,25)/p+1. The van der Waals surface area contributed by atoms with Crippen molar-refractivity contribution in [1.29, 1.82) is 0 Å². The Morgan fingerprint density at radius 1 is 1.16 bits per heavy atom. The summed E-state index contributed by atoms with van der Waals surface area (Å²) in [4.78, 5) is 13.0. The minimum atomic E-state index is -4.34. The molecule has 0 aromatic heterocycles. The highest BCUT2D eigenvalue weighted by atomic mass is 35.5. The van der Waals surface area contributed by atoms with Crippen LogP contribution in [-0.4, -0.2) is 19.5 Å². The van der Waals surface area contributed by atoms with Crippen molar-refractivity contribution in [3.05, 3.63) is 64.2 Å². The Morgan fingerprint density at radius 2 is 1.80 bits per heavy atom. The zero-order valence-electron chi connectivity index (χ0n) is 13.9. The Bertz CT molecular complexity index is 745. The van der Waals surface area contributed by atoms with Crippen molar-refractivity contribution in [3.63, 3.8) is 0 Å². The third-order valence-corrected chi connectivity index (χ3v) is 3.95. The molecule has 25 heavy (non-hydrogen) atoms. The van der Waals surface area contributed by atoms with Gasteiger partial charge in [-0.2, -0.15) is 13.2 Å². The number of halogens is 4. The second-order valence-electron chi connectivity index (χ2n) is 6.01. The fraction of sp³-hybridized carbons (Fsp3) is 0.278. The Hall–Kier alpha value is -2.05. The lowest BCUT2D eigenvalue weighted by atomic mass is 10.1. The molecule has 1 unspecified atom stereocenters. The molecule has 2 N–H and O–H groups in total. The van der Waals surface area contributed by atoms with Crippen molar-refractivity contribution < 1.29 is 22.9 Å². The highest BCUT2D eigenvalue weighted by Gasteiger charge is 2.30. The van der Waals surface area contributed by atoms with E-state index in [0.717, 1.165) is 28.2 Å². The van der Waals surface area contributed by atoms with Crippen LogP contribution in [0.1, 0.15) is 16.7 Å². The normalized spacial score (nSPS) is 12.7. The highest BCUT2D eigenvalue weighted by molar-refractivity contribution is 6.30. The molecule has 1 atom stereocenters. The maximum atomic E-state index is 12.6. The van der Waals surface area contributed by atoms with E-state index < -0.39 is 11.7 Å². The van der Waals surface area contributed by atoms with E-state index in [9.17, 15) is 18.0 Å². The van der Waals surface area contributed by atoms with Crippen molar-refractivity contribution in [2.75, 3.05) is 18.9 Å². The average molecular weight is 372 g/mol. The Balaban J connectivity index is 1.91. The van der Waals surface area contributed by atoms with Crippen molar-refractivity contribution in [2.24, 2.45) is 0 Å². The molecule has 0 aliphatic heterocycles. The minimum absolute atomic E-state index is 0.171. The number of hydrogen-bond donors (Lipinski definition) is 2. The second-order valence-corrected chi connectivity index (χ2v) is 6.45. The molecule has 2 aromatic rings. The fourth-order valence-corrected chi connectivity index (χ4v) is 2.69. The highest BCUT2D eigenvalue weighted by Crippen LogP contribution is 2.28. The van der Waals surface area contributed by atoms with Gasteiger partial charge in [-0.15, -0.1) is 0 Å². The molecule has 0 saturated carbocycles. The first-order chi connectivity index (χ1) is 11.6. The number of carbonyl (C=O) groups is 1. The van der Waals surface area contributed by atoms with E-state index in [2.05, 4.69) is 5.32 Å². The average Bonchev–Trinajstić information content (AvgIpc) is 2.49. The summed E-state index contributed by atoms with van der Waals surface area (Å²) in [5.41, 5.74) is 1.61. The molecule has 2 aromatic carbocycles. The zero-order valence-corrected chi connectivity index (χ0v) is 14.6. The third-order valence-electron chi connectivity index (χ3n) is 3.71. The van der Waals surface area contributed by atoms with Crippen LogP contribution in [0.2, 0.25) is 5.02 Å². The number of likely N-dealkylation sites (N-methyl/N-ethyl adjacent to an activating group) is 1. The molecule has 0 saturated heterocycles. The van der Waals surface area contributed by atoms with Gasteiger partial charge in [-0.25, -0.2) is 0 Å². The summed E-state index contributed by atoms with van der Waals surface area (Å²) in [7, 11) is 1.81. The molecule has 0 radical (unpaired) electrons. The molecule has 1 amide bonds. The van der Waals surface area contributed by atoms with E-state index in [1.807, 2.05) is 14.0 Å². The van der Waals surface area contributed by atoms with Crippen LogP contribution in [0.15, 0.2) is 42.5 Å². The van der Waals surface area contributed by atoms with E-state index in [0.29, 0.717) is 17.3 Å². The van der Waals surface area contributed by atoms with Gasteiger partial charge in [0.1, 0.15) is 6.54 Å². The van der Waals surface area contributed by atoms with E-state index in [4.69, 9.17) is 11.6 Å². The molecule has 3 nitrogen and oxygen atoms in total. The van der Waals surface area contributed by atoms with Gasteiger partial charge in [0.2, 0.25) is 0 Å². The molecular weight excluding hydrogens is 353 g/mol. The van der Waals surface area contributed by atoms with Gasteiger partial charge in [0.25, 0.3) is 5.91 Å². The molecule has 0 aliphatic rings. The van der Waals surface area contributed by atoms with E-state index in [-0.39, 0.29) is 12.5 Å². The number of anilines is 1. The molecule has 134 valence electrons. The van der Waals surface area contributed by atoms with Crippen molar-refractivity contribution in [1.82, 2.24) is 0 Å². The number of benzene rings is 2.